The first kappa shape index (κ1) is 27.4. The van der Waals surface area contributed by atoms with Gasteiger partial charge in [-0.3, -0.25) is 10.2 Å². The number of hydrogen-bond acceptors (Lipinski definition) is 10. The van der Waals surface area contributed by atoms with E-state index in [1.54, 1.807) is 55.0 Å². The average Bonchev–Trinajstić information content (AvgIpc) is 3.58. The Morgan fingerprint density at radius 2 is 2.00 bits per heavy atom. The fourth-order valence-corrected chi connectivity index (χ4v) is 5.54. The number of nitrogens with zero attached hydrogens (tertiary/aromatic N) is 7. The molecule has 0 aliphatic carbocycles. The van der Waals surface area contributed by atoms with Crippen LogP contribution in [-0.2, 0) is 0 Å². The van der Waals surface area contributed by atoms with Crippen LogP contribution in [0.1, 0.15) is 28.3 Å². The van der Waals surface area contributed by atoms with Gasteiger partial charge >= 0.3 is 0 Å². The molecule has 1 aromatic carbocycles. The minimum Gasteiger partial charge on any atom is -0.507 e. The summed E-state index contributed by atoms with van der Waals surface area (Å²) in [6.07, 6.45) is 7.52. The summed E-state index contributed by atoms with van der Waals surface area (Å²) in [5.41, 5.74) is 7.77. The van der Waals surface area contributed by atoms with Gasteiger partial charge in [-0.25, -0.2) is 19.5 Å². The van der Waals surface area contributed by atoms with Crippen molar-refractivity contribution >= 4 is 28.9 Å². The summed E-state index contributed by atoms with van der Waals surface area (Å²) < 4.78 is 1.53. The number of amides is 1. The molecule has 6 N–H and O–H groups in total. The van der Waals surface area contributed by atoms with Crippen LogP contribution in [0.25, 0.3) is 5.65 Å². The molecule has 0 spiro atoms. The number of likely N-dealkylation sites (tertiary alicyclic amines) is 1. The summed E-state index contributed by atoms with van der Waals surface area (Å²) in [6, 6.07) is 11.9. The Kier molecular flexibility index (Phi) is 7.40. The number of aromatic hydroxyl groups is 1. The van der Waals surface area contributed by atoms with Gasteiger partial charge in [0.25, 0.3) is 5.91 Å². The van der Waals surface area contributed by atoms with E-state index in [0.29, 0.717) is 41.7 Å². The lowest BCUT2D eigenvalue weighted by molar-refractivity contribution is 0.0953. The van der Waals surface area contributed by atoms with E-state index < -0.39 is 0 Å². The number of nitrogens with two attached hydrogens (primary N) is 1. The third-order valence-electron chi connectivity index (χ3n) is 7.44. The highest BCUT2D eigenvalue weighted by atomic mass is 16.3. The van der Waals surface area contributed by atoms with E-state index in [-0.39, 0.29) is 41.5 Å². The van der Waals surface area contributed by atoms with Gasteiger partial charge in [-0.15, -0.1) is 0 Å². The van der Waals surface area contributed by atoms with Crippen LogP contribution in [0.15, 0.2) is 72.8 Å². The standard InChI is InChI=1S/C30H29N11O2/c31-22(21-5-1-2-6-25(21)42)14-24(29(32)33)40-17-19-13-20(40)18-39(16-19)27-8-11-34-26(37-27)7-3-9-36-30(43)23-15-28-35-10-4-12-41(28)38-23/h1-2,4-6,8,10-12,14-15,19-20,31,42H,9,13,16-18H2,(H3,32,33)(H,36,43)/b24-14+,31-22?. The van der Waals surface area contributed by atoms with Crippen molar-refractivity contribution in [3.05, 3.63) is 89.9 Å². The van der Waals surface area contributed by atoms with Crippen LogP contribution >= 0.6 is 0 Å². The largest absolute Gasteiger partial charge is 0.507 e. The Hall–Kier alpha value is -5.77. The van der Waals surface area contributed by atoms with Crippen molar-refractivity contribution in [2.45, 2.75) is 12.5 Å². The molecule has 2 bridgehead atoms. The number of allylic oxidation sites excluding steroid dienone is 1. The topological polar surface area (TPSA) is 186 Å². The van der Waals surface area contributed by atoms with E-state index in [2.05, 4.69) is 47.0 Å². The summed E-state index contributed by atoms with van der Waals surface area (Å²) in [7, 11) is 0. The predicted molar refractivity (Wildman–Crippen MR) is 160 cm³/mol. The van der Waals surface area contributed by atoms with Gasteiger partial charge in [0.15, 0.2) is 11.3 Å². The van der Waals surface area contributed by atoms with E-state index in [9.17, 15) is 9.90 Å². The molecule has 13 heteroatoms. The number of phenolic OH excluding ortho intramolecular Hbond substituents is 1. The second kappa shape index (κ2) is 11.6. The molecule has 2 aliphatic rings. The van der Waals surface area contributed by atoms with Crippen LogP contribution in [0.4, 0.5) is 5.82 Å². The molecule has 4 aromatic rings. The number of carbonyl (C=O) groups excluding carboxylic acids is 1. The van der Waals surface area contributed by atoms with Crippen LogP contribution in [0.3, 0.4) is 0 Å². The number of carbonyl (C=O) groups is 1. The van der Waals surface area contributed by atoms with Crippen molar-refractivity contribution in [3.8, 4) is 17.6 Å². The minimum atomic E-state index is -0.350. The van der Waals surface area contributed by atoms with Crippen molar-refractivity contribution < 1.29 is 9.90 Å². The van der Waals surface area contributed by atoms with Crippen LogP contribution in [0, 0.1) is 28.6 Å². The SMILES string of the molecule is N=C(N)/C(=C\C(=N)c1ccccc1O)N1CC2CC1CN(c1ccnc(C#CCNC(=O)c3cc4ncccn4n3)n1)C2. The number of amidine groups is 1. The number of piperidine rings is 1. The number of hydrogen-bond donors (Lipinski definition) is 5. The predicted octanol–water partition coefficient (Wildman–Crippen LogP) is 1.40. The van der Waals surface area contributed by atoms with Crippen molar-refractivity contribution in [2.24, 2.45) is 11.7 Å². The molecule has 43 heavy (non-hydrogen) atoms. The molecule has 5 heterocycles. The Morgan fingerprint density at radius 3 is 2.81 bits per heavy atom. The first-order valence-electron chi connectivity index (χ1n) is 13.7. The van der Waals surface area contributed by atoms with Gasteiger partial charge in [0.05, 0.1) is 18.0 Å². The van der Waals surface area contributed by atoms with Gasteiger partial charge in [0.1, 0.15) is 17.4 Å². The van der Waals surface area contributed by atoms with Crippen molar-refractivity contribution in [1.82, 2.24) is 34.8 Å². The zero-order valence-corrected chi connectivity index (χ0v) is 23.1. The first-order chi connectivity index (χ1) is 20.9. The fourth-order valence-electron chi connectivity index (χ4n) is 5.54. The van der Waals surface area contributed by atoms with E-state index in [1.165, 1.54) is 10.6 Å². The zero-order valence-electron chi connectivity index (χ0n) is 23.1. The quantitative estimate of drug-likeness (QED) is 0.123. The van der Waals surface area contributed by atoms with E-state index in [1.807, 2.05) is 6.07 Å². The van der Waals surface area contributed by atoms with Gasteiger partial charge in [-0.05, 0) is 48.6 Å². The van der Waals surface area contributed by atoms with Gasteiger partial charge in [-0.2, -0.15) is 5.10 Å². The number of anilines is 1. The molecule has 216 valence electrons. The summed E-state index contributed by atoms with van der Waals surface area (Å²) in [5, 5.41) is 33.9. The Morgan fingerprint density at radius 1 is 1.14 bits per heavy atom. The molecule has 6 rings (SSSR count). The normalized spacial score (nSPS) is 17.8. The lowest BCUT2D eigenvalue weighted by atomic mass is 10.00. The number of fused-ring (bicyclic) bond motifs is 3. The molecule has 2 saturated heterocycles. The number of nitrogens with one attached hydrogen (secondary N) is 3. The summed E-state index contributed by atoms with van der Waals surface area (Å²) in [5.74, 6) is 6.76. The molecule has 3 aromatic heterocycles. The number of phenols is 1. The molecule has 0 saturated carbocycles. The third-order valence-corrected chi connectivity index (χ3v) is 7.44. The van der Waals surface area contributed by atoms with Crippen molar-refractivity contribution in [2.75, 3.05) is 31.1 Å². The third kappa shape index (κ3) is 5.84. The molecule has 2 atom stereocenters. The van der Waals surface area contributed by atoms with Crippen molar-refractivity contribution in [1.29, 1.82) is 10.8 Å². The lowest BCUT2D eigenvalue weighted by Crippen LogP contribution is -2.44. The molecule has 2 fully saturated rings. The molecular weight excluding hydrogens is 546 g/mol. The number of aromatic nitrogens is 5. The Bertz CT molecular complexity index is 1790. The summed E-state index contributed by atoms with van der Waals surface area (Å²) in [4.78, 5) is 29.8. The van der Waals surface area contributed by atoms with Crippen LogP contribution in [0.2, 0.25) is 0 Å². The van der Waals surface area contributed by atoms with Crippen LogP contribution in [0.5, 0.6) is 5.75 Å². The summed E-state index contributed by atoms with van der Waals surface area (Å²) in [6.45, 7) is 2.22. The van der Waals surface area contributed by atoms with Gasteiger partial charge in [-0.1, -0.05) is 18.1 Å². The molecule has 0 radical (unpaired) electrons. The maximum absolute atomic E-state index is 12.4. The van der Waals surface area contributed by atoms with Gasteiger partial charge in [0.2, 0.25) is 5.82 Å². The number of rotatable bonds is 7. The fraction of sp³-hybridized carbons (Fsp3) is 0.233. The second-order valence-electron chi connectivity index (χ2n) is 10.4. The molecule has 2 aliphatic heterocycles. The molecule has 1 amide bonds. The Balaban J connectivity index is 1.11. The highest BCUT2D eigenvalue weighted by molar-refractivity contribution is 6.12. The molecule has 2 unspecified atom stereocenters. The highest BCUT2D eigenvalue weighted by Crippen LogP contribution is 2.34. The van der Waals surface area contributed by atoms with E-state index in [4.69, 9.17) is 16.6 Å². The molecule has 13 nitrogen and oxygen atoms in total. The number of para-hydroxylation sites is 1. The zero-order chi connectivity index (χ0) is 29.9. The number of benzene rings is 1. The van der Waals surface area contributed by atoms with Crippen molar-refractivity contribution in [3.63, 3.8) is 0 Å². The Labute approximate surface area is 247 Å². The van der Waals surface area contributed by atoms with Crippen LogP contribution in [-0.4, -0.2) is 84.2 Å². The first-order valence-corrected chi connectivity index (χ1v) is 13.7. The second-order valence-corrected chi connectivity index (χ2v) is 10.4. The maximum atomic E-state index is 12.4. The minimum absolute atomic E-state index is 0.00684. The van der Waals surface area contributed by atoms with Gasteiger partial charge < -0.3 is 31.4 Å². The smallest absolute Gasteiger partial charge is 0.272 e. The monoisotopic (exact) mass is 575 g/mol. The highest BCUT2D eigenvalue weighted by Gasteiger charge is 2.40. The summed E-state index contributed by atoms with van der Waals surface area (Å²) >= 11 is 0. The van der Waals surface area contributed by atoms with Crippen LogP contribution < -0.4 is 16.0 Å². The average molecular weight is 576 g/mol. The molecular formula is C30H29N11O2. The van der Waals surface area contributed by atoms with E-state index >= 15 is 0 Å². The maximum Gasteiger partial charge on any atom is 0.272 e. The van der Waals surface area contributed by atoms with Gasteiger partial charge in [0, 0.05) is 55.9 Å². The lowest BCUT2D eigenvalue weighted by Gasteiger charge is -2.34. The van der Waals surface area contributed by atoms with E-state index in [0.717, 1.165) is 18.8 Å².